The zero-order chi connectivity index (χ0) is 18.2. The number of amides is 2. The lowest BCUT2D eigenvalue weighted by Gasteiger charge is -2.39. The lowest BCUT2D eigenvalue weighted by Crippen LogP contribution is -2.64. The monoisotopic (exact) mass is 362 g/mol. The molecule has 8 heteroatoms. The Balaban J connectivity index is 5.87. The van der Waals surface area contributed by atoms with Gasteiger partial charge in [0.05, 0.1) is 0 Å². The molecule has 0 aliphatic heterocycles. The summed E-state index contributed by atoms with van der Waals surface area (Å²) in [4.78, 5) is 51.0. The van der Waals surface area contributed by atoms with Crippen molar-refractivity contribution in [3.8, 4) is 0 Å². The number of thioether (sulfide) groups is 2. The van der Waals surface area contributed by atoms with Gasteiger partial charge in [0.15, 0.2) is 17.6 Å². The number of carbonyl (C=O) groups excluding carboxylic acids is 4. The van der Waals surface area contributed by atoms with Crippen LogP contribution in [-0.4, -0.2) is 82.9 Å². The van der Waals surface area contributed by atoms with E-state index in [0.717, 1.165) is 5.75 Å². The Kier molecular flexibility index (Phi) is 9.53. The molecule has 0 N–H and O–H groups in total. The number of carbonyl (C=O) groups is 4. The smallest absolute Gasteiger partial charge is 0.220 e. The highest BCUT2D eigenvalue weighted by atomic mass is 32.2. The molecule has 0 radical (unpaired) electrons. The van der Waals surface area contributed by atoms with E-state index in [1.165, 1.54) is 54.2 Å². The van der Waals surface area contributed by atoms with Crippen LogP contribution in [0.2, 0.25) is 0 Å². The van der Waals surface area contributed by atoms with Crippen molar-refractivity contribution in [1.82, 2.24) is 9.80 Å². The minimum atomic E-state index is -1.56. The van der Waals surface area contributed by atoms with Crippen molar-refractivity contribution in [2.24, 2.45) is 0 Å². The van der Waals surface area contributed by atoms with Crippen LogP contribution in [0.25, 0.3) is 0 Å². The van der Waals surface area contributed by atoms with Crippen LogP contribution in [0.4, 0.5) is 0 Å². The van der Waals surface area contributed by atoms with E-state index in [9.17, 15) is 19.2 Å². The molecule has 0 rings (SSSR count). The zero-order valence-electron chi connectivity index (χ0n) is 14.6. The number of likely N-dealkylation sites (N-methyl/N-ethyl adjacent to an activating group) is 2. The molecular weight excluding hydrogens is 336 g/mol. The molecule has 0 saturated carbocycles. The number of hydrogen-bond acceptors (Lipinski definition) is 6. The molecule has 23 heavy (non-hydrogen) atoms. The number of rotatable bonds is 10. The van der Waals surface area contributed by atoms with Crippen LogP contribution in [0.3, 0.4) is 0 Å². The van der Waals surface area contributed by atoms with Gasteiger partial charge in [0.25, 0.3) is 0 Å². The highest BCUT2D eigenvalue weighted by molar-refractivity contribution is 7.99. The van der Waals surface area contributed by atoms with E-state index >= 15 is 0 Å². The minimum absolute atomic E-state index is 0.157. The summed E-state index contributed by atoms with van der Waals surface area (Å²) in [7, 11) is 2.99. The van der Waals surface area contributed by atoms with Crippen molar-refractivity contribution in [3.05, 3.63) is 0 Å². The zero-order valence-corrected chi connectivity index (χ0v) is 16.3. The molecule has 0 spiro atoms. The normalized spacial score (nSPS) is 14.5. The lowest BCUT2D eigenvalue weighted by atomic mass is 9.90. The molecule has 0 aromatic rings. The molecule has 6 nitrogen and oxygen atoms in total. The standard InChI is InChI=1S/C15H26N2O4S2/c1-7-23-8-13(16(4)11(2)19)14(21)15(9-18,10-22-6)17(5)12(3)20/h9,13H,7-8,10H2,1-6H3. The first-order valence-electron chi connectivity index (χ1n) is 7.24. The largest absolute Gasteiger partial charge is 0.335 e. The molecule has 2 atom stereocenters. The van der Waals surface area contributed by atoms with E-state index in [1.807, 2.05) is 6.92 Å². The van der Waals surface area contributed by atoms with Crippen molar-refractivity contribution in [3.63, 3.8) is 0 Å². The fourth-order valence-corrected chi connectivity index (χ4v) is 3.78. The molecule has 0 aliphatic rings. The van der Waals surface area contributed by atoms with E-state index in [-0.39, 0.29) is 17.6 Å². The molecule has 0 fully saturated rings. The number of hydrogen-bond donors (Lipinski definition) is 0. The van der Waals surface area contributed by atoms with Gasteiger partial charge < -0.3 is 14.6 Å². The van der Waals surface area contributed by atoms with Crippen LogP contribution in [0.5, 0.6) is 0 Å². The Labute approximate surface area is 146 Å². The summed E-state index contributed by atoms with van der Waals surface area (Å²) in [5, 5.41) is 0. The molecule has 0 aromatic heterocycles. The predicted octanol–water partition coefficient (Wildman–Crippen LogP) is 0.934. The van der Waals surface area contributed by atoms with Gasteiger partial charge in [-0.25, -0.2) is 0 Å². The number of ketones is 1. The summed E-state index contributed by atoms with van der Waals surface area (Å²) in [6.45, 7) is 4.65. The van der Waals surface area contributed by atoms with E-state index in [1.54, 1.807) is 13.3 Å². The second-order valence-corrected chi connectivity index (χ2v) is 7.41. The van der Waals surface area contributed by atoms with Gasteiger partial charge in [0.2, 0.25) is 11.8 Å². The van der Waals surface area contributed by atoms with Crippen molar-refractivity contribution < 1.29 is 19.2 Å². The number of nitrogens with zero attached hydrogens (tertiary/aromatic N) is 2. The molecule has 0 aliphatic carbocycles. The first-order valence-corrected chi connectivity index (χ1v) is 9.79. The third-order valence-corrected chi connectivity index (χ3v) is 5.49. The van der Waals surface area contributed by atoms with Crippen LogP contribution >= 0.6 is 23.5 Å². The van der Waals surface area contributed by atoms with Gasteiger partial charge in [0, 0.05) is 39.4 Å². The Bertz CT molecular complexity index is 459. The van der Waals surface area contributed by atoms with Crippen LogP contribution in [0.1, 0.15) is 20.8 Å². The summed E-state index contributed by atoms with van der Waals surface area (Å²) in [6, 6.07) is -0.753. The third kappa shape index (κ3) is 5.24. The summed E-state index contributed by atoms with van der Waals surface area (Å²) in [5.74, 6) is 0.292. The van der Waals surface area contributed by atoms with Crippen molar-refractivity contribution in [2.45, 2.75) is 32.4 Å². The fraction of sp³-hybridized carbons (Fsp3) is 0.733. The summed E-state index contributed by atoms with van der Waals surface area (Å²) in [6.07, 6.45) is 2.30. The Morgan fingerprint density at radius 1 is 1.17 bits per heavy atom. The minimum Gasteiger partial charge on any atom is -0.335 e. The highest BCUT2D eigenvalue weighted by Gasteiger charge is 2.47. The fourth-order valence-electron chi connectivity index (χ4n) is 2.11. The maximum atomic E-state index is 13.1. The third-order valence-electron chi connectivity index (χ3n) is 3.80. The predicted molar refractivity (Wildman–Crippen MR) is 95.9 cm³/mol. The molecule has 2 unspecified atom stereocenters. The van der Waals surface area contributed by atoms with Gasteiger partial charge in [-0.05, 0) is 12.0 Å². The molecule has 132 valence electrons. The summed E-state index contributed by atoms with van der Waals surface area (Å²) < 4.78 is 0. The molecular formula is C15H26N2O4S2. The summed E-state index contributed by atoms with van der Waals surface area (Å²) in [5.41, 5.74) is -1.56. The van der Waals surface area contributed by atoms with E-state index < -0.39 is 17.4 Å². The molecule has 2 amide bonds. The first kappa shape index (κ1) is 22.0. The van der Waals surface area contributed by atoms with E-state index in [0.29, 0.717) is 12.0 Å². The number of Topliss-reactive ketones (excluding diaryl/α,β-unsaturated/α-hetero) is 1. The van der Waals surface area contributed by atoms with Crippen LogP contribution < -0.4 is 0 Å². The van der Waals surface area contributed by atoms with Gasteiger partial charge in [-0.2, -0.15) is 23.5 Å². The van der Waals surface area contributed by atoms with Gasteiger partial charge in [-0.1, -0.05) is 6.92 Å². The van der Waals surface area contributed by atoms with Crippen LogP contribution in [-0.2, 0) is 19.2 Å². The first-order chi connectivity index (χ1) is 10.7. The Morgan fingerprint density at radius 3 is 2.09 bits per heavy atom. The van der Waals surface area contributed by atoms with Crippen molar-refractivity contribution in [1.29, 1.82) is 0 Å². The van der Waals surface area contributed by atoms with Gasteiger partial charge >= 0.3 is 0 Å². The van der Waals surface area contributed by atoms with Crippen molar-refractivity contribution in [2.75, 3.05) is 37.6 Å². The topological polar surface area (TPSA) is 74.8 Å². The van der Waals surface area contributed by atoms with Gasteiger partial charge in [0.1, 0.15) is 6.04 Å². The highest BCUT2D eigenvalue weighted by Crippen LogP contribution is 2.23. The van der Waals surface area contributed by atoms with E-state index in [4.69, 9.17) is 0 Å². The molecule has 0 aromatic carbocycles. The molecule has 0 saturated heterocycles. The van der Waals surface area contributed by atoms with Crippen LogP contribution in [0, 0.1) is 0 Å². The van der Waals surface area contributed by atoms with Crippen molar-refractivity contribution >= 4 is 47.4 Å². The average molecular weight is 363 g/mol. The quantitative estimate of drug-likeness (QED) is 0.425. The summed E-state index contributed by atoms with van der Waals surface area (Å²) >= 11 is 2.83. The van der Waals surface area contributed by atoms with Crippen LogP contribution in [0.15, 0.2) is 0 Å². The Hall–Kier alpha value is -1.02. The molecule has 0 bridgehead atoms. The SMILES string of the molecule is CCSCC(C(=O)C(C=O)(CSC)N(C)C(C)=O)N(C)C(C)=O. The average Bonchev–Trinajstić information content (AvgIpc) is 2.51. The molecule has 0 heterocycles. The number of aldehydes is 1. The van der Waals surface area contributed by atoms with Gasteiger partial charge in [-0.15, -0.1) is 0 Å². The van der Waals surface area contributed by atoms with E-state index in [2.05, 4.69) is 0 Å². The second kappa shape index (κ2) is 9.97. The second-order valence-electron chi connectivity index (χ2n) is 5.22. The maximum Gasteiger partial charge on any atom is 0.220 e. The van der Waals surface area contributed by atoms with Gasteiger partial charge in [-0.3, -0.25) is 14.4 Å². The maximum absolute atomic E-state index is 13.1. The lowest BCUT2D eigenvalue weighted by molar-refractivity contribution is -0.149. The Morgan fingerprint density at radius 2 is 1.74 bits per heavy atom.